The van der Waals surface area contributed by atoms with Crippen LogP contribution in [0.2, 0.25) is 0 Å². The fourth-order valence-electron chi connectivity index (χ4n) is 8.88. The largest absolute Gasteiger partial charge is 0.425 e. The first-order valence-electron chi connectivity index (χ1n) is 24.0. The molecule has 366 valence electrons. The molecule has 7 aromatic rings. The highest BCUT2D eigenvalue weighted by Gasteiger charge is 2.46. The number of fused-ring (bicyclic) bond motifs is 1. The lowest BCUT2D eigenvalue weighted by molar-refractivity contribution is -0.118. The van der Waals surface area contributed by atoms with E-state index in [9.17, 15) is 14.9 Å². The summed E-state index contributed by atoms with van der Waals surface area (Å²) in [5.74, 6) is -0.955. The summed E-state index contributed by atoms with van der Waals surface area (Å²) < 4.78 is 30.5. The van der Waals surface area contributed by atoms with E-state index in [0.29, 0.717) is 17.8 Å². The molecule has 8 rings (SSSR count). The molecule has 1 unspecified atom stereocenters. The average molecular weight is 974 g/mol. The summed E-state index contributed by atoms with van der Waals surface area (Å²) in [6, 6.07) is 51.3. The van der Waals surface area contributed by atoms with Gasteiger partial charge in [-0.2, -0.15) is 15.2 Å². The number of hydrogen-bond donors (Lipinski definition) is 2. The zero-order valence-electron chi connectivity index (χ0n) is 40.8. The number of carbonyl (C=O) groups is 2. The molecule has 1 aliphatic heterocycles. The Labute approximate surface area is 416 Å². The molecular formula is C55H60N9O6P. The Kier molecular flexibility index (Phi) is 16.6. The molecule has 0 radical (unpaired) electrons. The second kappa shape index (κ2) is 23.3. The number of hydrogen-bond acceptors (Lipinski definition) is 12. The van der Waals surface area contributed by atoms with Crippen molar-refractivity contribution in [3.63, 3.8) is 0 Å². The number of nitriles is 1. The van der Waals surface area contributed by atoms with Crippen molar-refractivity contribution in [1.29, 1.82) is 5.26 Å². The van der Waals surface area contributed by atoms with E-state index in [4.69, 9.17) is 28.5 Å². The van der Waals surface area contributed by atoms with Crippen LogP contribution in [0.4, 0.5) is 22.1 Å². The molecule has 5 aromatic carbocycles. The van der Waals surface area contributed by atoms with Crippen LogP contribution >= 0.6 is 8.53 Å². The van der Waals surface area contributed by atoms with E-state index in [-0.39, 0.29) is 60.6 Å². The van der Waals surface area contributed by atoms with Gasteiger partial charge in [0.2, 0.25) is 11.9 Å². The summed E-state index contributed by atoms with van der Waals surface area (Å²) in [4.78, 5) is 43.3. The molecule has 3 heterocycles. The second-order valence-corrected chi connectivity index (χ2v) is 19.5. The molecule has 1 fully saturated rings. The highest BCUT2D eigenvalue weighted by molar-refractivity contribution is 7.44. The topological polar surface area (TPSA) is 169 Å². The first kappa shape index (κ1) is 50.5. The third kappa shape index (κ3) is 11.5. The van der Waals surface area contributed by atoms with Crippen molar-refractivity contribution in [1.82, 2.24) is 29.5 Å². The summed E-state index contributed by atoms with van der Waals surface area (Å²) >= 11 is 0. The van der Waals surface area contributed by atoms with Gasteiger partial charge in [-0.3, -0.25) is 20.0 Å². The van der Waals surface area contributed by atoms with Crippen molar-refractivity contribution in [2.75, 3.05) is 23.4 Å². The van der Waals surface area contributed by atoms with Gasteiger partial charge in [0.25, 0.3) is 14.4 Å². The summed E-state index contributed by atoms with van der Waals surface area (Å²) in [5.41, 5.74) is 3.77. The SMILES string of the molecule is CC(C)C(=O)Nc1nc(OC(=O)N(c2ccccc2)c2ccccc2)c2ncn([C@H]3C[C@H](NC(c4ccccc4)(c4ccccc4)c4ccccc4)[C@@H](COP(OCCC#N)N(C(C)C)C(C)C)O3)c2n1. The Balaban J connectivity index is 1.23. The zero-order valence-corrected chi connectivity index (χ0v) is 41.7. The minimum absolute atomic E-state index is 0.0712. The van der Waals surface area contributed by atoms with E-state index in [1.807, 2.05) is 115 Å². The molecule has 2 amide bonds. The molecule has 16 heteroatoms. The third-order valence-electron chi connectivity index (χ3n) is 12.1. The van der Waals surface area contributed by atoms with Gasteiger partial charge in [-0.05, 0) is 68.7 Å². The van der Waals surface area contributed by atoms with Gasteiger partial charge in [0.15, 0.2) is 11.2 Å². The number of benzene rings is 5. The molecule has 2 N–H and O–H groups in total. The minimum atomic E-state index is -1.63. The summed E-state index contributed by atoms with van der Waals surface area (Å²) in [7, 11) is -1.63. The van der Waals surface area contributed by atoms with Crippen molar-refractivity contribution in [2.45, 2.75) is 90.4 Å². The number of carbonyl (C=O) groups excluding carboxylic acids is 2. The van der Waals surface area contributed by atoms with Crippen LogP contribution in [-0.2, 0) is 24.1 Å². The predicted molar refractivity (Wildman–Crippen MR) is 276 cm³/mol. The maximum absolute atomic E-state index is 14.4. The van der Waals surface area contributed by atoms with Gasteiger partial charge in [-0.1, -0.05) is 141 Å². The Morgan fingerprint density at radius 2 is 1.30 bits per heavy atom. The lowest BCUT2D eigenvalue weighted by atomic mass is 9.76. The van der Waals surface area contributed by atoms with Crippen molar-refractivity contribution < 1.29 is 28.1 Å². The Morgan fingerprint density at radius 1 is 0.775 bits per heavy atom. The summed E-state index contributed by atoms with van der Waals surface area (Å²) in [6.45, 7) is 12.3. The van der Waals surface area contributed by atoms with Crippen molar-refractivity contribution >= 4 is 49.0 Å². The van der Waals surface area contributed by atoms with Crippen LogP contribution in [0.15, 0.2) is 158 Å². The number of imidazole rings is 1. The maximum Gasteiger partial charge on any atom is 0.425 e. The summed E-state index contributed by atoms with van der Waals surface area (Å²) in [6.07, 6.45) is 0.152. The standard InChI is InChI=1S/C55H60N9O6P/c1-38(2)51(65)59-53-58-50-49(52(60-53)70-54(66)63(44-29-18-10-19-30-44)45-31-20-11-21-32-45)57-37-62(50)48-35-46(47(69-48)36-68-71(67-34-22-33-56)64(39(3)4)40(5)6)61-55(41-23-12-7-13-24-41,42-25-14-8-15-26-42)43-27-16-9-17-28-43/h7-21,23-32,37-40,46-48,61H,22,34-36H2,1-6H3,(H,58,59,60,65)/t46-,47+,48+,71?/m0/s1. The van der Waals surface area contributed by atoms with Gasteiger partial charge >= 0.3 is 6.09 Å². The van der Waals surface area contributed by atoms with E-state index in [1.54, 1.807) is 24.7 Å². The molecule has 2 aromatic heterocycles. The van der Waals surface area contributed by atoms with Gasteiger partial charge in [0.1, 0.15) is 6.23 Å². The van der Waals surface area contributed by atoms with Crippen LogP contribution in [0.3, 0.4) is 0 Å². The van der Waals surface area contributed by atoms with Crippen molar-refractivity contribution in [2.24, 2.45) is 5.92 Å². The monoisotopic (exact) mass is 973 g/mol. The number of para-hydroxylation sites is 2. The molecule has 15 nitrogen and oxygen atoms in total. The van der Waals surface area contributed by atoms with E-state index in [1.165, 1.54) is 4.90 Å². The number of aromatic nitrogens is 4. The van der Waals surface area contributed by atoms with Gasteiger partial charge in [0.05, 0.1) is 55.0 Å². The Morgan fingerprint density at radius 3 is 1.79 bits per heavy atom. The van der Waals surface area contributed by atoms with Gasteiger partial charge in [0, 0.05) is 30.5 Å². The van der Waals surface area contributed by atoms with Crippen molar-refractivity contribution in [3.05, 3.63) is 175 Å². The lowest BCUT2D eigenvalue weighted by Gasteiger charge is -2.40. The normalized spacial score (nSPS) is 16.4. The van der Waals surface area contributed by atoms with Crippen LogP contribution < -0.4 is 20.3 Å². The third-order valence-corrected chi connectivity index (χ3v) is 14.2. The van der Waals surface area contributed by atoms with Crippen molar-refractivity contribution in [3.8, 4) is 11.9 Å². The maximum atomic E-state index is 14.4. The van der Waals surface area contributed by atoms with Crippen LogP contribution in [-0.4, -0.2) is 73.6 Å². The van der Waals surface area contributed by atoms with Gasteiger partial charge in [-0.25, -0.2) is 19.3 Å². The predicted octanol–water partition coefficient (Wildman–Crippen LogP) is 11.3. The van der Waals surface area contributed by atoms with Crippen LogP contribution in [0.25, 0.3) is 11.2 Å². The first-order valence-corrected chi connectivity index (χ1v) is 25.1. The van der Waals surface area contributed by atoms with E-state index in [2.05, 4.69) is 90.5 Å². The number of nitrogens with zero attached hydrogens (tertiary/aromatic N) is 7. The highest BCUT2D eigenvalue weighted by Crippen LogP contribution is 2.48. The number of amides is 2. The molecule has 4 atom stereocenters. The molecule has 1 saturated heterocycles. The Bertz CT molecular complexity index is 2730. The van der Waals surface area contributed by atoms with Gasteiger partial charge < -0.3 is 18.5 Å². The van der Waals surface area contributed by atoms with Crippen LogP contribution in [0.5, 0.6) is 5.88 Å². The molecular weight excluding hydrogens is 914 g/mol. The quantitative estimate of drug-likeness (QED) is 0.0422. The Hall–Kier alpha value is -6.89. The number of ether oxygens (including phenoxy) is 2. The lowest BCUT2D eigenvalue weighted by Crippen LogP contribution is -2.53. The second-order valence-electron chi connectivity index (χ2n) is 18.0. The smallest absolute Gasteiger partial charge is 0.388 e. The van der Waals surface area contributed by atoms with Crippen LogP contribution in [0, 0.1) is 17.2 Å². The first-order chi connectivity index (χ1) is 34.5. The average Bonchev–Trinajstić information content (AvgIpc) is 4.00. The number of anilines is 3. The minimum Gasteiger partial charge on any atom is -0.388 e. The highest BCUT2D eigenvalue weighted by atomic mass is 31.2. The molecule has 0 spiro atoms. The molecule has 0 bridgehead atoms. The molecule has 1 aliphatic rings. The molecule has 0 saturated carbocycles. The molecule has 71 heavy (non-hydrogen) atoms. The van der Waals surface area contributed by atoms with Crippen LogP contribution in [0.1, 0.15) is 77.3 Å². The number of nitrogens with one attached hydrogen (secondary N) is 2. The van der Waals surface area contributed by atoms with E-state index < -0.39 is 44.4 Å². The fraction of sp³-hybridized carbons (Fsp3) is 0.309. The van der Waals surface area contributed by atoms with E-state index >= 15 is 0 Å². The fourth-order valence-corrected chi connectivity index (χ4v) is 10.5. The summed E-state index contributed by atoms with van der Waals surface area (Å²) in [5, 5.41) is 16.4. The van der Waals surface area contributed by atoms with E-state index in [0.717, 1.165) is 16.7 Å². The van der Waals surface area contributed by atoms with Gasteiger partial charge in [-0.15, -0.1) is 0 Å². The molecule has 0 aliphatic carbocycles. The number of rotatable bonds is 20. The zero-order chi connectivity index (χ0) is 49.9.